The van der Waals surface area contributed by atoms with Gasteiger partial charge in [0.2, 0.25) is 0 Å². The maximum Gasteiger partial charge on any atom is 0.260 e. The number of anilines is 1. The quantitative estimate of drug-likeness (QED) is 0.769. The number of para-hydroxylation sites is 1. The Hall–Kier alpha value is -3.09. The number of hydrogen-bond donors (Lipinski definition) is 1. The highest BCUT2D eigenvalue weighted by molar-refractivity contribution is 5.78. The summed E-state index contributed by atoms with van der Waals surface area (Å²) in [5.41, 5.74) is 0.930. The molecule has 7 heteroatoms. The number of benzene rings is 1. The summed E-state index contributed by atoms with van der Waals surface area (Å²) in [7, 11) is 0. The lowest BCUT2D eigenvalue weighted by atomic mass is 10.2. The second-order valence-electron chi connectivity index (χ2n) is 6.03. The number of rotatable bonds is 5. The highest BCUT2D eigenvalue weighted by Gasteiger charge is 2.27. The van der Waals surface area contributed by atoms with Crippen LogP contribution in [0.25, 0.3) is 5.52 Å². The number of carbonyl (C=O) groups excluding carboxylic acids is 1. The molecule has 0 spiro atoms. The molecule has 0 aliphatic carbocycles. The molecule has 1 aliphatic rings. The van der Waals surface area contributed by atoms with E-state index in [0.29, 0.717) is 12.3 Å². The zero-order valence-electron chi connectivity index (χ0n) is 13.7. The van der Waals surface area contributed by atoms with E-state index in [1.54, 1.807) is 18.7 Å². The van der Waals surface area contributed by atoms with Crippen molar-refractivity contribution in [3.05, 3.63) is 55.2 Å². The third-order valence-corrected chi connectivity index (χ3v) is 4.33. The summed E-state index contributed by atoms with van der Waals surface area (Å²) in [4.78, 5) is 22.7. The van der Waals surface area contributed by atoms with Crippen molar-refractivity contribution in [1.82, 2.24) is 19.3 Å². The zero-order chi connectivity index (χ0) is 17.1. The first-order valence-electron chi connectivity index (χ1n) is 8.28. The van der Waals surface area contributed by atoms with E-state index in [4.69, 9.17) is 4.74 Å². The highest BCUT2D eigenvalue weighted by atomic mass is 16.5. The Kier molecular flexibility index (Phi) is 4.20. The molecule has 3 heterocycles. The average Bonchev–Trinajstić information content (AvgIpc) is 3.30. The largest absolute Gasteiger partial charge is 0.484 e. The molecule has 1 aromatic carbocycles. The number of nitrogens with one attached hydrogen (secondary N) is 1. The van der Waals surface area contributed by atoms with Crippen LogP contribution in [0.1, 0.15) is 6.42 Å². The van der Waals surface area contributed by atoms with Crippen molar-refractivity contribution in [2.45, 2.75) is 12.5 Å². The molecule has 2 aromatic heterocycles. The number of fused-ring (bicyclic) bond motifs is 1. The Bertz CT molecular complexity index is 864. The fourth-order valence-corrected chi connectivity index (χ4v) is 3.01. The van der Waals surface area contributed by atoms with Crippen LogP contribution in [0.4, 0.5) is 5.82 Å². The van der Waals surface area contributed by atoms with Crippen LogP contribution in [0.5, 0.6) is 5.75 Å². The van der Waals surface area contributed by atoms with Crippen LogP contribution >= 0.6 is 0 Å². The van der Waals surface area contributed by atoms with Gasteiger partial charge in [-0.3, -0.25) is 4.79 Å². The van der Waals surface area contributed by atoms with Crippen molar-refractivity contribution in [2.24, 2.45) is 0 Å². The number of likely N-dealkylation sites (tertiary alicyclic amines) is 1. The first-order chi connectivity index (χ1) is 12.3. The first kappa shape index (κ1) is 15.4. The molecule has 1 unspecified atom stereocenters. The molecular formula is C18H19N5O2. The van der Waals surface area contributed by atoms with Gasteiger partial charge in [-0.2, -0.15) is 0 Å². The number of carbonyl (C=O) groups is 1. The van der Waals surface area contributed by atoms with Crippen LogP contribution in [-0.2, 0) is 4.79 Å². The van der Waals surface area contributed by atoms with Gasteiger partial charge in [0.15, 0.2) is 12.4 Å². The van der Waals surface area contributed by atoms with Gasteiger partial charge in [0, 0.05) is 31.5 Å². The van der Waals surface area contributed by atoms with Gasteiger partial charge in [0.1, 0.15) is 11.3 Å². The molecule has 0 bridgehead atoms. The lowest BCUT2D eigenvalue weighted by Gasteiger charge is -2.18. The van der Waals surface area contributed by atoms with Gasteiger partial charge in [0.05, 0.1) is 12.5 Å². The van der Waals surface area contributed by atoms with Crippen LogP contribution in [-0.4, -0.2) is 50.9 Å². The van der Waals surface area contributed by atoms with E-state index in [2.05, 4.69) is 15.3 Å². The molecule has 25 heavy (non-hydrogen) atoms. The molecule has 128 valence electrons. The standard InChI is InChI=1S/C18H19N5O2/c24-17(12-25-15-4-2-1-3-5-15)22-8-6-14(11-22)21-18-16-10-19-13-23(16)9-7-20-18/h1-5,7,9-10,13-14H,6,8,11-12H2,(H,20,21). The number of nitrogens with zero attached hydrogens (tertiary/aromatic N) is 4. The molecule has 7 nitrogen and oxygen atoms in total. The van der Waals surface area contributed by atoms with Gasteiger partial charge in [-0.25, -0.2) is 9.97 Å². The summed E-state index contributed by atoms with van der Waals surface area (Å²) < 4.78 is 7.46. The van der Waals surface area contributed by atoms with E-state index in [0.717, 1.165) is 24.3 Å². The molecule has 4 rings (SSSR count). The lowest BCUT2D eigenvalue weighted by Crippen LogP contribution is -2.35. The monoisotopic (exact) mass is 337 g/mol. The van der Waals surface area contributed by atoms with E-state index in [1.807, 2.05) is 45.8 Å². The summed E-state index contributed by atoms with van der Waals surface area (Å²) in [6.07, 6.45) is 8.00. The Morgan fingerprint density at radius 2 is 2.20 bits per heavy atom. The Morgan fingerprint density at radius 1 is 1.32 bits per heavy atom. The molecule has 3 aromatic rings. The molecule has 0 radical (unpaired) electrons. The minimum atomic E-state index is 0.00340. The fourth-order valence-electron chi connectivity index (χ4n) is 3.01. The first-order valence-corrected chi connectivity index (χ1v) is 8.28. The summed E-state index contributed by atoms with van der Waals surface area (Å²) in [6.45, 7) is 1.43. The Balaban J connectivity index is 1.33. The van der Waals surface area contributed by atoms with E-state index in [-0.39, 0.29) is 18.6 Å². The van der Waals surface area contributed by atoms with Crippen LogP contribution in [0.3, 0.4) is 0 Å². The lowest BCUT2D eigenvalue weighted by molar-refractivity contribution is -0.132. The normalized spacial score (nSPS) is 17.0. The maximum absolute atomic E-state index is 12.3. The SMILES string of the molecule is O=C(COc1ccccc1)N1CCC(Nc2nccn3cncc23)C1. The predicted molar refractivity (Wildman–Crippen MR) is 93.5 cm³/mol. The third-order valence-electron chi connectivity index (χ3n) is 4.33. The highest BCUT2D eigenvalue weighted by Crippen LogP contribution is 2.18. The van der Waals surface area contributed by atoms with Crippen LogP contribution in [0, 0.1) is 0 Å². The Labute approximate surface area is 145 Å². The van der Waals surface area contributed by atoms with E-state index in [1.165, 1.54) is 0 Å². The second-order valence-corrected chi connectivity index (χ2v) is 6.03. The number of amides is 1. The van der Waals surface area contributed by atoms with Crippen molar-refractivity contribution in [1.29, 1.82) is 0 Å². The van der Waals surface area contributed by atoms with E-state index < -0.39 is 0 Å². The average molecular weight is 337 g/mol. The maximum atomic E-state index is 12.3. The fraction of sp³-hybridized carbons (Fsp3) is 0.278. The molecule has 1 aliphatic heterocycles. The van der Waals surface area contributed by atoms with Gasteiger partial charge in [-0.05, 0) is 18.6 Å². The molecule has 1 fully saturated rings. The predicted octanol–water partition coefficient (Wildman–Crippen LogP) is 1.82. The van der Waals surface area contributed by atoms with Crippen LogP contribution in [0.2, 0.25) is 0 Å². The molecule has 0 saturated carbocycles. The van der Waals surface area contributed by atoms with E-state index in [9.17, 15) is 4.79 Å². The summed E-state index contributed by atoms with van der Waals surface area (Å²) >= 11 is 0. The van der Waals surface area contributed by atoms with Gasteiger partial charge in [-0.15, -0.1) is 0 Å². The van der Waals surface area contributed by atoms with Crippen molar-refractivity contribution in [2.75, 3.05) is 25.0 Å². The van der Waals surface area contributed by atoms with Gasteiger partial charge >= 0.3 is 0 Å². The third kappa shape index (κ3) is 3.40. The smallest absolute Gasteiger partial charge is 0.260 e. The molecule has 1 saturated heterocycles. The summed E-state index contributed by atoms with van der Waals surface area (Å²) in [6, 6.07) is 9.56. The number of ether oxygens (including phenoxy) is 1. The molecule has 1 atom stereocenters. The van der Waals surface area contributed by atoms with Crippen molar-refractivity contribution in [3.8, 4) is 5.75 Å². The minimum absolute atomic E-state index is 0.00340. The zero-order valence-corrected chi connectivity index (χ0v) is 13.7. The van der Waals surface area contributed by atoms with Crippen LogP contribution in [0.15, 0.2) is 55.2 Å². The molecular weight excluding hydrogens is 318 g/mol. The van der Waals surface area contributed by atoms with Gasteiger partial charge in [0.25, 0.3) is 5.91 Å². The van der Waals surface area contributed by atoms with Crippen molar-refractivity contribution in [3.63, 3.8) is 0 Å². The second kappa shape index (κ2) is 6.80. The number of imidazole rings is 1. The van der Waals surface area contributed by atoms with Crippen molar-refractivity contribution < 1.29 is 9.53 Å². The van der Waals surface area contributed by atoms with E-state index >= 15 is 0 Å². The Morgan fingerprint density at radius 3 is 3.08 bits per heavy atom. The number of hydrogen-bond acceptors (Lipinski definition) is 5. The minimum Gasteiger partial charge on any atom is -0.484 e. The molecule has 1 amide bonds. The van der Waals surface area contributed by atoms with Gasteiger partial charge < -0.3 is 19.4 Å². The summed E-state index contributed by atoms with van der Waals surface area (Å²) in [5.74, 6) is 1.50. The van der Waals surface area contributed by atoms with Crippen LogP contribution < -0.4 is 10.1 Å². The molecule has 1 N–H and O–H groups in total. The number of aromatic nitrogens is 3. The van der Waals surface area contributed by atoms with Crippen molar-refractivity contribution >= 4 is 17.2 Å². The summed E-state index contributed by atoms with van der Waals surface area (Å²) in [5, 5.41) is 3.42. The van der Waals surface area contributed by atoms with Gasteiger partial charge in [-0.1, -0.05) is 18.2 Å². The topological polar surface area (TPSA) is 71.8 Å².